The quantitative estimate of drug-likeness (QED) is 0.616. The van der Waals surface area contributed by atoms with Gasteiger partial charge in [0.15, 0.2) is 5.78 Å². The molecule has 1 rings (SSSR count). The molecule has 0 saturated carbocycles. The van der Waals surface area contributed by atoms with Crippen LogP contribution >= 0.6 is 0 Å². The van der Waals surface area contributed by atoms with Crippen LogP contribution in [0.15, 0.2) is 12.1 Å². The molecular weight excluding hydrogens is 236 g/mol. The van der Waals surface area contributed by atoms with Crippen molar-refractivity contribution < 1.29 is 24.5 Å². The molecule has 0 heterocycles. The van der Waals surface area contributed by atoms with Gasteiger partial charge in [-0.1, -0.05) is 6.92 Å². The Morgan fingerprint density at radius 3 is 2.44 bits per heavy atom. The Morgan fingerprint density at radius 1 is 1.22 bits per heavy atom. The number of ether oxygens (including phenoxy) is 1. The summed E-state index contributed by atoms with van der Waals surface area (Å²) >= 11 is 0. The molecule has 0 amide bonds. The summed E-state index contributed by atoms with van der Waals surface area (Å²) in [6.07, 6.45) is 0.0467. The van der Waals surface area contributed by atoms with E-state index in [4.69, 9.17) is 4.74 Å². The zero-order valence-corrected chi connectivity index (χ0v) is 10.4. The average Bonchev–Trinajstić information content (AvgIpc) is 2.27. The van der Waals surface area contributed by atoms with Gasteiger partial charge in [-0.2, -0.15) is 0 Å². The Kier molecular flexibility index (Phi) is 4.71. The average molecular weight is 252 g/mol. The number of rotatable bonds is 5. The molecule has 0 aliphatic heterocycles. The number of aromatic hydroxyl groups is 2. The topological polar surface area (TPSA) is 83.8 Å². The molecule has 0 aliphatic carbocycles. The number of benzene rings is 1. The summed E-state index contributed by atoms with van der Waals surface area (Å²) in [7, 11) is 0. The second-order valence-corrected chi connectivity index (χ2v) is 3.76. The smallest absolute Gasteiger partial charge is 0.310 e. The van der Waals surface area contributed by atoms with Gasteiger partial charge in [-0.05, 0) is 18.6 Å². The van der Waals surface area contributed by atoms with Crippen LogP contribution in [0.2, 0.25) is 0 Å². The number of Topliss-reactive ketones (excluding diaryl/α,β-unsaturated/α-hetero) is 1. The predicted octanol–water partition coefficient (Wildman–Crippen LogP) is 1.80. The van der Waals surface area contributed by atoms with Gasteiger partial charge in [0, 0.05) is 12.5 Å². The maximum Gasteiger partial charge on any atom is 0.310 e. The molecule has 0 fully saturated rings. The monoisotopic (exact) mass is 252 g/mol. The van der Waals surface area contributed by atoms with E-state index in [1.54, 1.807) is 13.8 Å². The van der Waals surface area contributed by atoms with E-state index in [0.717, 1.165) is 6.07 Å². The standard InChI is InChI=1S/C13H16O5/c1-3-10(15)13-8(6-12(17)18-4-2)5-9(14)7-11(13)16/h5,7,14,16H,3-4,6H2,1-2H3. The number of carbonyl (C=O) groups excluding carboxylic acids is 2. The van der Waals surface area contributed by atoms with Crippen LogP contribution in [0.3, 0.4) is 0 Å². The highest BCUT2D eigenvalue weighted by atomic mass is 16.5. The van der Waals surface area contributed by atoms with Crippen molar-refractivity contribution in [3.63, 3.8) is 0 Å². The van der Waals surface area contributed by atoms with Crippen molar-refractivity contribution in [3.8, 4) is 11.5 Å². The third-order valence-electron chi connectivity index (χ3n) is 2.42. The fraction of sp³-hybridized carbons (Fsp3) is 0.385. The molecule has 0 bridgehead atoms. The Hall–Kier alpha value is -2.04. The lowest BCUT2D eigenvalue weighted by molar-refractivity contribution is -0.142. The first-order chi connectivity index (χ1) is 8.49. The van der Waals surface area contributed by atoms with E-state index < -0.39 is 5.97 Å². The molecule has 5 nitrogen and oxygen atoms in total. The van der Waals surface area contributed by atoms with E-state index in [1.165, 1.54) is 6.07 Å². The van der Waals surface area contributed by atoms with Crippen LogP contribution in [0.1, 0.15) is 36.2 Å². The molecular formula is C13H16O5. The minimum Gasteiger partial charge on any atom is -0.508 e. The highest BCUT2D eigenvalue weighted by molar-refractivity contribution is 6.00. The number of hydrogen-bond acceptors (Lipinski definition) is 5. The van der Waals surface area contributed by atoms with Crippen LogP contribution in [-0.2, 0) is 16.0 Å². The van der Waals surface area contributed by atoms with Crippen molar-refractivity contribution in [2.75, 3.05) is 6.61 Å². The number of hydrogen-bond donors (Lipinski definition) is 2. The number of phenols is 2. The highest BCUT2D eigenvalue weighted by Gasteiger charge is 2.18. The fourth-order valence-electron chi connectivity index (χ4n) is 1.67. The summed E-state index contributed by atoms with van der Waals surface area (Å²) in [5.41, 5.74) is 0.348. The van der Waals surface area contributed by atoms with E-state index in [9.17, 15) is 19.8 Å². The van der Waals surface area contributed by atoms with Gasteiger partial charge in [-0.15, -0.1) is 0 Å². The fourth-order valence-corrected chi connectivity index (χ4v) is 1.67. The second-order valence-electron chi connectivity index (χ2n) is 3.76. The van der Waals surface area contributed by atoms with Gasteiger partial charge in [-0.25, -0.2) is 0 Å². The molecule has 0 unspecified atom stereocenters. The summed E-state index contributed by atoms with van der Waals surface area (Å²) < 4.78 is 4.78. The highest BCUT2D eigenvalue weighted by Crippen LogP contribution is 2.28. The van der Waals surface area contributed by atoms with Crippen molar-refractivity contribution in [2.45, 2.75) is 26.7 Å². The summed E-state index contributed by atoms with van der Waals surface area (Å²) in [6.45, 7) is 3.57. The van der Waals surface area contributed by atoms with Crippen LogP contribution < -0.4 is 0 Å². The van der Waals surface area contributed by atoms with E-state index in [1.807, 2.05) is 0 Å². The number of carbonyl (C=O) groups is 2. The summed E-state index contributed by atoms with van der Waals surface area (Å²) in [6, 6.07) is 2.37. The van der Waals surface area contributed by atoms with Crippen LogP contribution in [0, 0.1) is 0 Å². The second kappa shape index (κ2) is 6.05. The van der Waals surface area contributed by atoms with Gasteiger partial charge in [0.1, 0.15) is 11.5 Å². The maximum atomic E-state index is 11.7. The summed E-state index contributed by atoms with van der Waals surface area (Å²) in [4.78, 5) is 23.1. The first kappa shape index (κ1) is 14.0. The maximum absolute atomic E-state index is 11.7. The lowest BCUT2D eigenvalue weighted by atomic mass is 9.98. The Bertz CT molecular complexity index is 465. The number of phenolic OH excluding ortho intramolecular Hbond substituents is 2. The SMILES string of the molecule is CCOC(=O)Cc1cc(O)cc(O)c1C(=O)CC. The summed E-state index contributed by atoms with van der Waals surface area (Å²) in [5.74, 6) is -1.31. The lowest BCUT2D eigenvalue weighted by Gasteiger charge is -2.10. The van der Waals surface area contributed by atoms with Crippen molar-refractivity contribution in [1.82, 2.24) is 0 Å². The van der Waals surface area contributed by atoms with Crippen molar-refractivity contribution in [2.24, 2.45) is 0 Å². The van der Waals surface area contributed by atoms with E-state index in [2.05, 4.69) is 0 Å². The van der Waals surface area contributed by atoms with Gasteiger partial charge < -0.3 is 14.9 Å². The van der Waals surface area contributed by atoms with Crippen LogP contribution in [0.4, 0.5) is 0 Å². The van der Waals surface area contributed by atoms with E-state index in [-0.39, 0.29) is 47.9 Å². The molecule has 18 heavy (non-hydrogen) atoms. The Morgan fingerprint density at radius 2 is 1.89 bits per heavy atom. The minimum atomic E-state index is -0.507. The largest absolute Gasteiger partial charge is 0.508 e. The molecule has 2 N–H and O–H groups in total. The molecule has 0 spiro atoms. The Balaban J connectivity index is 3.15. The first-order valence-electron chi connectivity index (χ1n) is 5.73. The van der Waals surface area contributed by atoms with Crippen molar-refractivity contribution >= 4 is 11.8 Å². The molecule has 1 aromatic carbocycles. The van der Waals surface area contributed by atoms with Gasteiger partial charge in [-0.3, -0.25) is 9.59 Å². The molecule has 5 heteroatoms. The molecule has 0 aliphatic rings. The zero-order chi connectivity index (χ0) is 13.7. The van der Waals surface area contributed by atoms with E-state index >= 15 is 0 Å². The van der Waals surface area contributed by atoms with Crippen molar-refractivity contribution in [3.05, 3.63) is 23.3 Å². The van der Waals surface area contributed by atoms with Crippen molar-refractivity contribution in [1.29, 1.82) is 0 Å². The van der Waals surface area contributed by atoms with Gasteiger partial charge in [0.2, 0.25) is 0 Å². The lowest BCUT2D eigenvalue weighted by Crippen LogP contribution is -2.11. The number of esters is 1. The number of ketones is 1. The van der Waals surface area contributed by atoms with Crippen LogP contribution in [0.25, 0.3) is 0 Å². The zero-order valence-electron chi connectivity index (χ0n) is 10.4. The molecule has 0 atom stereocenters. The van der Waals surface area contributed by atoms with Gasteiger partial charge in [0.25, 0.3) is 0 Å². The first-order valence-corrected chi connectivity index (χ1v) is 5.73. The molecule has 0 aromatic heterocycles. The molecule has 98 valence electrons. The Labute approximate surface area is 105 Å². The van der Waals surface area contributed by atoms with Crippen LogP contribution in [0.5, 0.6) is 11.5 Å². The van der Waals surface area contributed by atoms with Gasteiger partial charge in [0.05, 0.1) is 18.6 Å². The summed E-state index contributed by atoms with van der Waals surface area (Å²) in [5, 5.41) is 19.1. The third kappa shape index (κ3) is 3.23. The molecule has 0 radical (unpaired) electrons. The minimum absolute atomic E-state index is 0.0725. The predicted molar refractivity (Wildman–Crippen MR) is 64.7 cm³/mol. The van der Waals surface area contributed by atoms with E-state index in [0.29, 0.717) is 0 Å². The molecule has 0 saturated heterocycles. The van der Waals surface area contributed by atoms with Gasteiger partial charge >= 0.3 is 5.97 Å². The third-order valence-corrected chi connectivity index (χ3v) is 2.42. The molecule has 1 aromatic rings. The normalized spacial score (nSPS) is 10.1. The van der Waals surface area contributed by atoms with Crippen LogP contribution in [-0.4, -0.2) is 28.6 Å².